The Balaban J connectivity index is 2.52. The zero-order valence-electron chi connectivity index (χ0n) is 8.52. The lowest BCUT2D eigenvalue weighted by molar-refractivity contribution is 0.416. The van der Waals surface area contributed by atoms with E-state index in [2.05, 4.69) is 4.98 Å². The topological polar surface area (TPSA) is 42.4 Å². The molecule has 2 aromatic rings. The molecule has 4 heteroatoms. The third kappa shape index (κ3) is 1.94. The number of aromatic nitrogens is 1. The number of hydrogen-bond donors (Lipinski definition) is 1. The van der Waals surface area contributed by atoms with E-state index in [9.17, 15) is 5.11 Å². The van der Waals surface area contributed by atoms with Crippen LogP contribution in [0, 0.1) is 6.92 Å². The largest absolute Gasteiger partial charge is 0.496 e. The van der Waals surface area contributed by atoms with Gasteiger partial charge >= 0.3 is 0 Å². The predicted molar refractivity (Wildman–Crippen MR) is 60.5 cm³/mol. The van der Waals surface area contributed by atoms with E-state index in [1.807, 2.05) is 25.1 Å². The summed E-state index contributed by atoms with van der Waals surface area (Å²) in [5.41, 5.74) is 2.05. The van der Waals surface area contributed by atoms with E-state index >= 15 is 0 Å². The van der Waals surface area contributed by atoms with Crippen molar-refractivity contribution in [2.45, 2.75) is 6.92 Å². The Hall–Kier alpha value is -1.55. The molecule has 0 spiro atoms. The quantitative estimate of drug-likeness (QED) is 0.847. The second-order valence-electron chi connectivity index (χ2n) is 3.21. The number of hydrogen-bond acceptors (Lipinski definition) is 4. The molecule has 0 atom stereocenters. The van der Waals surface area contributed by atoms with Gasteiger partial charge in [-0.05, 0) is 24.6 Å². The molecule has 3 nitrogen and oxygen atoms in total. The first kappa shape index (κ1) is 9.98. The minimum atomic E-state index is 0.0534. The third-order valence-corrected chi connectivity index (χ3v) is 2.94. The molecule has 0 aliphatic carbocycles. The first-order valence-corrected chi connectivity index (χ1v) is 5.38. The van der Waals surface area contributed by atoms with Crippen LogP contribution in [0.25, 0.3) is 10.6 Å². The summed E-state index contributed by atoms with van der Waals surface area (Å²) in [4.78, 5) is 4.01. The van der Waals surface area contributed by atoms with Gasteiger partial charge in [0.15, 0.2) is 0 Å². The number of benzene rings is 1. The molecular formula is C11H11NO2S. The molecule has 78 valence electrons. The molecule has 1 heterocycles. The van der Waals surface area contributed by atoms with Crippen LogP contribution in [0.15, 0.2) is 23.6 Å². The number of aryl methyl sites for hydroxylation is 1. The Morgan fingerprint density at radius 1 is 1.40 bits per heavy atom. The highest BCUT2D eigenvalue weighted by Gasteiger charge is 2.09. The Labute approximate surface area is 92.0 Å². The number of methoxy groups -OCH3 is 1. The molecule has 2 rings (SSSR count). The highest BCUT2D eigenvalue weighted by molar-refractivity contribution is 7.13. The third-order valence-electron chi connectivity index (χ3n) is 2.08. The number of aromatic hydroxyl groups is 1. The molecule has 15 heavy (non-hydrogen) atoms. The first-order chi connectivity index (χ1) is 7.20. The fraction of sp³-hybridized carbons (Fsp3) is 0.182. The summed E-state index contributed by atoms with van der Waals surface area (Å²) in [5.74, 6) is 0.835. The summed E-state index contributed by atoms with van der Waals surface area (Å²) in [7, 11) is 1.63. The van der Waals surface area contributed by atoms with Gasteiger partial charge in [-0.25, -0.2) is 4.98 Å². The highest BCUT2D eigenvalue weighted by atomic mass is 32.1. The van der Waals surface area contributed by atoms with Crippen LogP contribution >= 0.6 is 11.3 Å². The van der Waals surface area contributed by atoms with Crippen molar-refractivity contribution in [2.75, 3.05) is 7.11 Å². The van der Waals surface area contributed by atoms with Gasteiger partial charge in [0.05, 0.1) is 18.1 Å². The lowest BCUT2D eigenvalue weighted by Crippen LogP contribution is -1.88. The summed E-state index contributed by atoms with van der Waals surface area (Å²) in [6.07, 6.45) is 0. The first-order valence-electron chi connectivity index (χ1n) is 4.50. The van der Waals surface area contributed by atoms with Crippen LogP contribution in [0.4, 0.5) is 0 Å². The molecule has 0 aliphatic heterocycles. The van der Waals surface area contributed by atoms with Gasteiger partial charge in [0.2, 0.25) is 5.88 Å². The molecule has 0 radical (unpaired) electrons. The highest BCUT2D eigenvalue weighted by Crippen LogP contribution is 2.34. The lowest BCUT2D eigenvalue weighted by atomic mass is 10.1. The maximum atomic E-state index is 9.19. The lowest BCUT2D eigenvalue weighted by Gasteiger charge is -2.06. The monoisotopic (exact) mass is 221 g/mol. The summed E-state index contributed by atoms with van der Waals surface area (Å²) in [6, 6.07) is 5.90. The van der Waals surface area contributed by atoms with Crippen LogP contribution in [0.3, 0.4) is 0 Å². The summed E-state index contributed by atoms with van der Waals surface area (Å²) in [5, 5.41) is 11.6. The van der Waals surface area contributed by atoms with Crippen molar-refractivity contribution >= 4 is 11.3 Å². The van der Waals surface area contributed by atoms with E-state index in [0.29, 0.717) is 0 Å². The summed E-state index contributed by atoms with van der Waals surface area (Å²) < 4.78 is 5.27. The SMILES string of the molecule is COc1cc(C)ccc1-c1nc(O)cs1. The molecule has 1 aromatic heterocycles. The molecular weight excluding hydrogens is 210 g/mol. The van der Waals surface area contributed by atoms with Crippen molar-refractivity contribution in [2.24, 2.45) is 0 Å². The number of ether oxygens (including phenoxy) is 1. The van der Waals surface area contributed by atoms with E-state index in [1.54, 1.807) is 12.5 Å². The molecule has 0 fully saturated rings. The normalized spacial score (nSPS) is 10.3. The second kappa shape index (κ2) is 3.90. The van der Waals surface area contributed by atoms with Crippen molar-refractivity contribution < 1.29 is 9.84 Å². The Morgan fingerprint density at radius 3 is 2.80 bits per heavy atom. The molecule has 0 saturated heterocycles. The molecule has 0 amide bonds. The minimum absolute atomic E-state index is 0.0534. The predicted octanol–water partition coefficient (Wildman–Crippen LogP) is 2.83. The van der Waals surface area contributed by atoms with Gasteiger partial charge in [-0.2, -0.15) is 0 Å². The van der Waals surface area contributed by atoms with Crippen LogP contribution < -0.4 is 4.74 Å². The molecule has 0 saturated carbocycles. The van der Waals surface area contributed by atoms with Crippen LogP contribution in [0.5, 0.6) is 11.6 Å². The van der Waals surface area contributed by atoms with Crippen molar-refractivity contribution in [3.05, 3.63) is 29.1 Å². The zero-order chi connectivity index (χ0) is 10.8. The van der Waals surface area contributed by atoms with Crippen LogP contribution in [0.2, 0.25) is 0 Å². The maximum absolute atomic E-state index is 9.19. The fourth-order valence-corrected chi connectivity index (χ4v) is 2.08. The smallest absolute Gasteiger partial charge is 0.222 e. The zero-order valence-corrected chi connectivity index (χ0v) is 9.34. The van der Waals surface area contributed by atoms with Crippen LogP contribution in [-0.2, 0) is 0 Å². The van der Waals surface area contributed by atoms with Crippen LogP contribution in [0.1, 0.15) is 5.56 Å². The van der Waals surface area contributed by atoms with E-state index in [-0.39, 0.29) is 5.88 Å². The minimum Gasteiger partial charge on any atom is -0.496 e. The van der Waals surface area contributed by atoms with Crippen molar-refractivity contribution in [3.8, 4) is 22.2 Å². The fourth-order valence-electron chi connectivity index (χ4n) is 1.36. The Bertz CT molecular complexity index is 479. The van der Waals surface area contributed by atoms with Gasteiger partial charge in [-0.3, -0.25) is 0 Å². The molecule has 1 aromatic carbocycles. The molecule has 1 N–H and O–H groups in total. The van der Waals surface area contributed by atoms with E-state index < -0.39 is 0 Å². The molecule has 0 bridgehead atoms. The molecule has 0 unspecified atom stereocenters. The average molecular weight is 221 g/mol. The number of thiazole rings is 1. The number of nitrogens with zero attached hydrogens (tertiary/aromatic N) is 1. The van der Waals surface area contributed by atoms with Gasteiger partial charge < -0.3 is 9.84 Å². The van der Waals surface area contributed by atoms with Crippen molar-refractivity contribution in [1.82, 2.24) is 4.98 Å². The van der Waals surface area contributed by atoms with E-state index in [1.165, 1.54) is 11.3 Å². The maximum Gasteiger partial charge on any atom is 0.222 e. The number of rotatable bonds is 2. The van der Waals surface area contributed by atoms with Crippen LogP contribution in [-0.4, -0.2) is 17.2 Å². The van der Waals surface area contributed by atoms with Crippen molar-refractivity contribution in [1.29, 1.82) is 0 Å². The van der Waals surface area contributed by atoms with Crippen molar-refractivity contribution in [3.63, 3.8) is 0 Å². The Morgan fingerprint density at radius 2 is 2.20 bits per heavy atom. The standard InChI is InChI=1S/C11H11NO2S/c1-7-3-4-8(9(5-7)14-2)11-12-10(13)6-15-11/h3-6,13H,1-2H3. The molecule has 0 aliphatic rings. The van der Waals surface area contributed by atoms with E-state index in [4.69, 9.17) is 4.74 Å². The van der Waals surface area contributed by atoms with Gasteiger partial charge in [-0.15, -0.1) is 11.3 Å². The summed E-state index contributed by atoms with van der Waals surface area (Å²) in [6.45, 7) is 2.01. The average Bonchev–Trinajstić information content (AvgIpc) is 2.64. The van der Waals surface area contributed by atoms with Gasteiger partial charge in [0.1, 0.15) is 10.8 Å². The van der Waals surface area contributed by atoms with Gasteiger partial charge in [-0.1, -0.05) is 6.07 Å². The van der Waals surface area contributed by atoms with Gasteiger partial charge in [0.25, 0.3) is 0 Å². The Kier molecular flexibility index (Phi) is 2.60. The summed E-state index contributed by atoms with van der Waals surface area (Å²) >= 11 is 1.40. The van der Waals surface area contributed by atoms with Gasteiger partial charge in [0, 0.05) is 0 Å². The van der Waals surface area contributed by atoms with E-state index in [0.717, 1.165) is 21.9 Å². The second-order valence-corrected chi connectivity index (χ2v) is 4.07.